The van der Waals surface area contributed by atoms with Gasteiger partial charge in [-0.25, -0.2) is 4.98 Å². The van der Waals surface area contributed by atoms with Gasteiger partial charge in [-0.05, 0) is 30.5 Å². The van der Waals surface area contributed by atoms with Gasteiger partial charge in [0.25, 0.3) is 0 Å². The highest BCUT2D eigenvalue weighted by Crippen LogP contribution is 2.19. The second kappa shape index (κ2) is 5.99. The van der Waals surface area contributed by atoms with Gasteiger partial charge in [0.2, 0.25) is 5.91 Å². The van der Waals surface area contributed by atoms with Crippen molar-refractivity contribution in [3.8, 4) is 5.75 Å². The molecule has 5 nitrogen and oxygen atoms in total. The minimum absolute atomic E-state index is 0.0275. The SMILES string of the molecule is O=C(NCCc1ccc(O)cc1)C1CCn2ccnc2C1. The van der Waals surface area contributed by atoms with Gasteiger partial charge in [0.1, 0.15) is 11.6 Å². The van der Waals surface area contributed by atoms with Crippen molar-refractivity contribution in [2.45, 2.75) is 25.8 Å². The molecule has 0 fully saturated rings. The van der Waals surface area contributed by atoms with Crippen LogP contribution in [-0.2, 0) is 24.2 Å². The number of imidazole rings is 1. The van der Waals surface area contributed by atoms with E-state index < -0.39 is 0 Å². The summed E-state index contributed by atoms with van der Waals surface area (Å²) in [6, 6.07) is 7.08. The number of hydrogen-bond acceptors (Lipinski definition) is 3. The monoisotopic (exact) mass is 285 g/mol. The van der Waals surface area contributed by atoms with Crippen molar-refractivity contribution in [2.75, 3.05) is 6.54 Å². The molecule has 3 rings (SSSR count). The lowest BCUT2D eigenvalue weighted by atomic mass is 9.97. The third kappa shape index (κ3) is 3.24. The number of hydrogen-bond donors (Lipinski definition) is 2. The molecular weight excluding hydrogens is 266 g/mol. The molecule has 1 amide bonds. The zero-order valence-corrected chi connectivity index (χ0v) is 11.8. The fraction of sp³-hybridized carbons (Fsp3) is 0.375. The van der Waals surface area contributed by atoms with Crippen molar-refractivity contribution < 1.29 is 9.90 Å². The van der Waals surface area contributed by atoms with Crippen LogP contribution in [0.1, 0.15) is 17.8 Å². The molecule has 0 aliphatic carbocycles. The first-order valence-corrected chi connectivity index (χ1v) is 7.28. The zero-order valence-electron chi connectivity index (χ0n) is 11.8. The van der Waals surface area contributed by atoms with Crippen molar-refractivity contribution in [3.05, 3.63) is 48.0 Å². The van der Waals surface area contributed by atoms with Gasteiger partial charge in [-0.3, -0.25) is 4.79 Å². The maximum absolute atomic E-state index is 12.2. The molecule has 0 saturated carbocycles. The summed E-state index contributed by atoms with van der Waals surface area (Å²) in [4.78, 5) is 16.5. The fourth-order valence-electron chi connectivity index (χ4n) is 2.71. The van der Waals surface area contributed by atoms with Gasteiger partial charge in [0, 0.05) is 37.8 Å². The predicted octanol–water partition coefficient (Wildman–Crippen LogP) is 1.51. The molecule has 0 saturated heterocycles. The molecule has 1 atom stereocenters. The molecule has 1 aliphatic rings. The molecule has 0 bridgehead atoms. The van der Waals surface area contributed by atoms with Crippen LogP contribution in [0.15, 0.2) is 36.7 Å². The molecule has 0 spiro atoms. The first-order valence-electron chi connectivity index (χ1n) is 7.28. The third-order valence-electron chi connectivity index (χ3n) is 3.97. The van der Waals surface area contributed by atoms with Crippen LogP contribution >= 0.6 is 0 Å². The largest absolute Gasteiger partial charge is 0.508 e. The van der Waals surface area contributed by atoms with E-state index in [2.05, 4.69) is 14.9 Å². The molecule has 0 radical (unpaired) electrons. The van der Waals surface area contributed by atoms with Crippen molar-refractivity contribution in [3.63, 3.8) is 0 Å². The number of benzene rings is 1. The highest BCUT2D eigenvalue weighted by atomic mass is 16.3. The smallest absolute Gasteiger partial charge is 0.223 e. The quantitative estimate of drug-likeness (QED) is 0.895. The Hall–Kier alpha value is -2.30. The second-order valence-electron chi connectivity index (χ2n) is 5.43. The molecule has 5 heteroatoms. The summed E-state index contributed by atoms with van der Waals surface area (Å²) < 4.78 is 2.11. The minimum atomic E-state index is 0.0275. The van der Waals surface area contributed by atoms with Crippen molar-refractivity contribution in [2.24, 2.45) is 5.92 Å². The van der Waals surface area contributed by atoms with Crippen LogP contribution in [0.5, 0.6) is 5.75 Å². The van der Waals surface area contributed by atoms with Gasteiger partial charge >= 0.3 is 0 Å². The standard InChI is InChI=1S/C16H19N3O2/c20-14-3-1-12(2-4-14)5-7-18-16(21)13-6-9-19-10-8-17-15(19)11-13/h1-4,8,10,13,20H,5-7,9,11H2,(H,18,21). The van der Waals surface area contributed by atoms with Gasteiger partial charge in [-0.15, -0.1) is 0 Å². The van der Waals surface area contributed by atoms with E-state index in [-0.39, 0.29) is 17.6 Å². The first-order chi connectivity index (χ1) is 10.2. The number of phenolic OH excluding ortho intramolecular Hbond substituents is 1. The first kappa shape index (κ1) is 13.7. The van der Waals surface area contributed by atoms with Crippen LogP contribution in [0.25, 0.3) is 0 Å². The number of aromatic hydroxyl groups is 1. The molecule has 1 aromatic carbocycles. The van der Waals surface area contributed by atoms with Gasteiger partial charge in [0.05, 0.1) is 0 Å². The summed E-state index contributed by atoms with van der Waals surface area (Å²) >= 11 is 0. The number of aromatic nitrogens is 2. The number of amides is 1. The molecular formula is C16H19N3O2. The van der Waals surface area contributed by atoms with Gasteiger partial charge in [-0.1, -0.05) is 12.1 Å². The zero-order chi connectivity index (χ0) is 14.7. The number of nitrogens with zero attached hydrogens (tertiary/aromatic N) is 2. The van der Waals surface area contributed by atoms with E-state index in [0.29, 0.717) is 6.54 Å². The Morgan fingerprint density at radius 1 is 1.38 bits per heavy atom. The number of carbonyl (C=O) groups excluding carboxylic acids is 1. The van der Waals surface area contributed by atoms with Crippen LogP contribution in [0.3, 0.4) is 0 Å². The number of nitrogens with one attached hydrogen (secondary N) is 1. The number of rotatable bonds is 4. The lowest BCUT2D eigenvalue weighted by molar-refractivity contribution is -0.125. The second-order valence-corrected chi connectivity index (χ2v) is 5.43. The van der Waals surface area contributed by atoms with E-state index in [9.17, 15) is 9.90 Å². The van der Waals surface area contributed by atoms with E-state index >= 15 is 0 Å². The van der Waals surface area contributed by atoms with Gasteiger partial charge in [0.15, 0.2) is 0 Å². The van der Waals surface area contributed by atoms with Crippen LogP contribution in [0.4, 0.5) is 0 Å². The molecule has 1 aliphatic heterocycles. The summed E-state index contributed by atoms with van der Waals surface area (Å²) in [7, 11) is 0. The lowest BCUT2D eigenvalue weighted by Crippen LogP contribution is -2.36. The topological polar surface area (TPSA) is 67.2 Å². The third-order valence-corrected chi connectivity index (χ3v) is 3.97. The van der Waals surface area contributed by atoms with E-state index in [1.54, 1.807) is 18.3 Å². The highest BCUT2D eigenvalue weighted by molar-refractivity contribution is 5.78. The average molecular weight is 285 g/mol. The molecule has 2 N–H and O–H groups in total. The maximum Gasteiger partial charge on any atom is 0.223 e. The van der Waals surface area contributed by atoms with Crippen molar-refractivity contribution in [1.82, 2.24) is 14.9 Å². The van der Waals surface area contributed by atoms with E-state index in [1.165, 1.54) is 0 Å². The Morgan fingerprint density at radius 2 is 2.19 bits per heavy atom. The molecule has 110 valence electrons. The Bertz CT molecular complexity index is 619. The van der Waals surface area contributed by atoms with E-state index in [4.69, 9.17) is 0 Å². The molecule has 1 aromatic heterocycles. The summed E-state index contributed by atoms with van der Waals surface area (Å²) in [6.45, 7) is 1.49. The number of phenols is 1. The maximum atomic E-state index is 12.2. The van der Waals surface area contributed by atoms with Crippen molar-refractivity contribution >= 4 is 5.91 Å². The Balaban J connectivity index is 1.48. The summed E-state index contributed by atoms with van der Waals surface area (Å²) in [5.41, 5.74) is 1.10. The molecule has 21 heavy (non-hydrogen) atoms. The van der Waals surface area contributed by atoms with Crippen LogP contribution in [0.2, 0.25) is 0 Å². The summed E-state index contributed by atoms with van der Waals surface area (Å²) in [5, 5.41) is 12.2. The van der Waals surface area contributed by atoms with Gasteiger partial charge < -0.3 is 15.0 Å². The number of carbonyl (C=O) groups is 1. The molecule has 1 unspecified atom stereocenters. The summed E-state index contributed by atoms with van der Waals surface area (Å²) in [6.07, 6.45) is 6.12. The lowest BCUT2D eigenvalue weighted by Gasteiger charge is -2.22. The van der Waals surface area contributed by atoms with E-state index in [1.807, 2.05) is 18.3 Å². The predicted molar refractivity (Wildman–Crippen MR) is 78.9 cm³/mol. The Morgan fingerprint density at radius 3 is 3.00 bits per heavy atom. The van der Waals surface area contributed by atoms with Crippen molar-refractivity contribution in [1.29, 1.82) is 0 Å². The molecule has 2 aromatic rings. The fourth-order valence-corrected chi connectivity index (χ4v) is 2.71. The minimum Gasteiger partial charge on any atom is -0.508 e. The number of fused-ring (bicyclic) bond motifs is 1. The Kier molecular flexibility index (Phi) is 3.90. The molecule has 2 heterocycles. The normalized spacial score (nSPS) is 17.2. The van der Waals surface area contributed by atoms with Crippen LogP contribution in [-0.4, -0.2) is 27.1 Å². The van der Waals surface area contributed by atoms with Crippen LogP contribution < -0.4 is 5.32 Å². The van der Waals surface area contributed by atoms with E-state index in [0.717, 1.165) is 37.2 Å². The number of aryl methyl sites for hydroxylation is 1. The van der Waals surface area contributed by atoms with Gasteiger partial charge in [-0.2, -0.15) is 0 Å². The Labute approximate surface area is 123 Å². The summed E-state index contributed by atoms with van der Waals surface area (Å²) in [5.74, 6) is 1.41. The highest BCUT2D eigenvalue weighted by Gasteiger charge is 2.24. The van der Waals surface area contributed by atoms with Crippen LogP contribution in [0, 0.1) is 5.92 Å². The average Bonchev–Trinajstić information content (AvgIpc) is 2.96.